The van der Waals surface area contributed by atoms with E-state index < -0.39 is 5.82 Å². The number of halogens is 3. The number of guanidine groups is 1. The fraction of sp³-hybridized carbons (Fsp3) is 0.526. The summed E-state index contributed by atoms with van der Waals surface area (Å²) >= 11 is 0. The maximum atomic E-state index is 13.6. The molecule has 2 rings (SSSR count). The van der Waals surface area contributed by atoms with Crippen molar-refractivity contribution in [3.05, 3.63) is 47.5 Å². The Morgan fingerprint density at radius 1 is 1.31 bits per heavy atom. The third-order valence-corrected chi connectivity index (χ3v) is 4.34. The topological polar surface area (TPSA) is 39.7 Å². The van der Waals surface area contributed by atoms with Gasteiger partial charge in [0.05, 0.1) is 0 Å². The highest BCUT2D eigenvalue weighted by Gasteiger charge is 2.19. The van der Waals surface area contributed by atoms with E-state index in [2.05, 4.69) is 34.0 Å². The Morgan fingerprint density at radius 3 is 2.62 bits per heavy atom. The Kier molecular flexibility index (Phi) is 10.1. The maximum absolute atomic E-state index is 13.6. The first-order valence-corrected chi connectivity index (χ1v) is 8.75. The molecule has 26 heavy (non-hydrogen) atoms. The normalized spacial score (nSPS) is 16.1. The molecule has 1 fully saturated rings. The minimum absolute atomic E-state index is 0. The van der Waals surface area contributed by atoms with Crippen molar-refractivity contribution in [2.75, 3.05) is 33.2 Å². The van der Waals surface area contributed by atoms with Crippen molar-refractivity contribution in [1.29, 1.82) is 0 Å². The van der Waals surface area contributed by atoms with Crippen LogP contribution in [-0.4, -0.2) is 50.1 Å². The van der Waals surface area contributed by atoms with E-state index in [-0.39, 0.29) is 29.8 Å². The third-order valence-electron chi connectivity index (χ3n) is 4.34. The van der Waals surface area contributed by atoms with Gasteiger partial charge in [-0.3, -0.25) is 9.89 Å². The average molecular weight is 478 g/mol. The Balaban J connectivity index is 0.00000338. The van der Waals surface area contributed by atoms with Crippen molar-refractivity contribution in [3.63, 3.8) is 0 Å². The van der Waals surface area contributed by atoms with Gasteiger partial charge in [0.1, 0.15) is 11.6 Å². The van der Waals surface area contributed by atoms with Crippen LogP contribution in [0.5, 0.6) is 0 Å². The number of piperidine rings is 1. The number of hydrogen-bond donors (Lipinski definition) is 2. The third kappa shape index (κ3) is 7.57. The van der Waals surface area contributed by atoms with Gasteiger partial charge in [-0.2, -0.15) is 0 Å². The minimum Gasteiger partial charge on any atom is -0.356 e. The van der Waals surface area contributed by atoms with E-state index in [4.69, 9.17) is 0 Å². The van der Waals surface area contributed by atoms with Gasteiger partial charge >= 0.3 is 0 Å². The van der Waals surface area contributed by atoms with Crippen molar-refractivity contribution < 1.29 is 8.78 Å². The minimum atomic E-state index is -0.416. The van der Waals surface area contributed by atoms with Crippen LogP contribution >= 0.6 is 24.0 Å². The number of benzene rings is 1. The van der Waals surface area contributed by atoms with Crippen LogP contribution in [0.1, 0.15) is 25.3 Å². The monoisotopic (exact) mass is 478 g/mol. The van der Waals surface area contributed by atoms with Gasteiger partial charge in [-0.05, 0) is 49.9 Å². The summed E-state index contributed by atoms with van der Waals surface area (Å²) in [6, 6.07) is 3.91. The highest BCUT2D eigenvalue weighted by molar-refractivity contribution is 14.0. The van der Waals surface area contributed by atoms with Crippen LogP contribution in [0, 0.1) is 11.6 Å². The van der Waals surface area contributed by atoms with Crippen molar-refractivity contribution in [3.8, 4) is 0 Å². The van der Waals surface area contributed by atoms with Crippen LogP contribution in [0.25, 0.3) is 0 Å². The Hall–Kier alpha value is -1.22. The van der Waals surface area contributed by atoms with E-state index in [1.807, 2.05) is 0 Å². The molecular weight excluding hydrogens is 449 g/mol. The zero-order chi connectivity index (χ0) is 18.2. The van der Waals surface area contributed by atoms with Gasteiger partial charge in [-0.15, -0.1) is 24.0 Å². The van der Waals surface area contributed by atoms with E-state index in [0.717, 1.165) is 44.6 Å². The lowest BCUT2D eigenvalue weighted by atomic mass is 10.0. The van der Waals surface area contributed by atoms with Crippen molar-refractivity contribution >= 4 is 29.9 Å². The number of rotatable bonds is 6. The molecule has 0 spiro atoms. The standard InChI is InChI=1S/C19H28F2N4.HI/c1-14(2)13-25-10-7-17(8-11-25)24-19(22-3)23-9-6-15-12-16(20)4-5-18(15)21;/h4-5,12,17H,1,6-11,13H2,2-3H3,(H2,22,23,24);1H. The molecule has 0 radical (unpaired) electrons. The number of nitrogens with zero attached hydrogens (tertiary/aromatic N) is 2. The Labute approximate surface area is 172 Å². The van der Waals surface area contributed by atoms with E-state index in [9.17, 15) is 8.78 Å². The quantitative estimate of drug-likeness (QED) is 0.285. The van der Waals surface area contributed by atoms with Crippen molar-refractivity contribution in [2.45, 2.75) is 32.2 Å². The van der Waals surface area contributed by atoms with Crippen LogP contribution < -0.4 is 10.6 Å². The molecule has 2 N–H and O–H groups in total. The van der Waals surface area contributed by atoms with Crippen LogP contribution in [0.4, 0.5) is 8.78 Å². The second-order valence-corrected chi connectivity index (χ2v) is 6.64. The second kappa shape index (κ2) is 11.5. The first kappa shape index (κ1) is 22.8. The van der Waals surface area contributed by atoms with Gasteiger partial charge in [0.2, 0.25) is 0 Å². The molecule has 0 atom stereocenters. The molecule has 146 valence electrons. The first-order valence-electron chi connectivity index (χ1n) is 8.75. The Bertz CT molecular complexity index is 614. The highest BCUT2D eigenvalue weighted by Crippen LogP contribution is 2.12. The molecule has 1 aliphatic rings. The van der Waals surface area contributed by atoms with Gasteiger partial charge in [-0.1, -0.05) is 12.2 Å². The summed E-state index contributed by atoms with van der Waals surface area (Å²) in [7, 11) is 1.72. The number of aliphatic imine (C=N–C) groups is 1. The fourth-order valence-corrected chi connectivity index (χ4v) is 3.06. The molecule has 1 aliphatic heterocycles. The van der Waals surface area contributed by atoms with E-state index >= 15 is 0 Å². The summed E-state index contributed by atoms with van der Waals surface area (Å²) in [5.41, 5.74) is 1.56. The fourth-order valence-electron chi connectivity index (χ4n) is 3.06. The van der Waals surface area contributed by atoms with E-state index in [1.165, 1.54) is 11.6 Å². The predicted molar refractivity (Wildman–Crippen MR) is 114 cm³/mol. The van der Waals surface area contributed by atoms with Gasteiger partial charge in [-0.25, -0.2) is 8.78 Å². The Morgan fingerprint density at radius 2 is 2.00 bits per heavy atom. The molecule has 1 aromatic carbocycles. The van der Waals surface area contributed by atoms with Crippen LogP contribution in [0.15, 0.2) is 35.3 Å². The molecule has 0 aliphatic carbocycles. The molecule has 0 unspecified atom stereocenters. The van der Waals surface area contributed by atoms with Gasteiger partial charge in [0.25, 0.3) is 0 Å². The first-order chi connectivity index (χ1) is 12.0. The lowest BCUT2D eigenvalue weighted by Crippen LogP contribution is -2.49. The molecular formula is C19H29F2IN4. The molecule has 1 aromatic rings. The van der Waals surface area contributed by atoms with Crippen LogP contribution in [0.2, 0.25) is 0 Å². The van der Waals surface area contributed by atoms with Crippen molar-refractivity contribution in [1.82, 2.24) is 15.5 Å². The zero-order valence-electron chi connectivity index (χ0n) is 15.5. The molecule has 7 heteroatoms. The van der Waals surface area contributed by atoms with E-state index in [0.29, 0.717) is 30.5 Å². The largest absolute Gasteiger partial charge is 0.356 e. The molecule has 1 heterocycles. The molecule has 1 saturated heterocycles. The van der Waals surface area contributed by atoms with Gasteiger partial charge < -0.3 is 10.6 Å². The van der Waals surface area contributed by atoms with Crippen molar-refractivity contribution in [2.24, 2.45) is 4.99 Å². The second-order valence-electron chi connectivity index (χ2n) is 6.64. The molecule has 0 saturated carbocycles. The zero-order valence-corrected chi connectivity index (χ0v) is 17.9. The lowest BCUT2D eigenvalue weighted by molar-refractivity contribution is 0.221. The predicted octanol–water partition coefficient (Wildman–Crippen LogP) is 3.33. The summed E-state index contributed by atoms with van der Waals surface area (Å²) < 4.78 is 26.8. The highest BCUT2D eigenvalue weighted by atomic mass is 127. The molecule has 0 bridgehead atoms. The average Bonchev–Trinajstić information content (AvgIpc) is 2.58. The molecule has 4 nitrogen and oxygen atoms in total. The van der Waals surface area contributed by atoms with Crippen LogP contribution in [0.3, 0.4) is 0 Å². The summed E-state index contributed by atoms with van der Waals surface area (Å²) in [4.78, 5) is 6.63. The summed E-state index contributed by atoms with van der Waals surface area (Å²) in [6.07, 6.45) is 2.50. The summed E-state index contributed by atoms with van der Waals surface area (Å²) in [6.45, 7) is 9.54. The summed E-state index contributed by atoms with van der Waals surface area (Å²) in [5.74, 6) is -0.0911. The lowest BCUT2D eigenvalue weighted by Gasteiger charge is -2.33. The molecule has 0 aromatic heterocycles. The van der Waals surface area contributed by atoms with E-state index in [1.54, 1.807) is 7.05 Å². The number of likely N-dealkylation sites (tertiary alicyclic amines) is 1. The smallest absolute Gasteiger partial charge is 0.191 e. The number of nitrogens with one attached hydrogen (secondary N) is 2. The number of hydrogen-bond acceptors (Lipinski definition) is 2. The SMILES string of the molecule is C=C(C)CN1CCC(NC(=NC)NCCc2cc(F)ccc2F)CC1.I. The summed E-state index contributed by atoms with van der Waals surface area (Å²) in [5, 5.41) is 6.59. The van der Waals surface area contributed by atoms with Gasteiger partial charge in [0, 0.05) is 39.3 Å². The van der Waals surface area contributed by atoms with Crippen LogP contribution in [-0.2, 0) is 6.42 Å². The maximum Gasteiger partial charge on any atom is 0.191 e. The van der Waals surface area contributed by atoms with Gasteiger partial charge in [0.15, 0.2) is 5.96 Å². The molecule has 0 amide bonds.